The smallest absolute Gasteiger partial charge is 0.335 e. The van der Waals surface area contributed by atoms with Gasteiger partial charge in [0.05, 0.1) is 5.56 Å². The molecule has 1 aromatic carbocycles. The molecule has 0 spiro atoms. The van der Waals surface area contributed by atoms with Crippen LogP contribution in [0.25, 0.3) is 6.08 Å². The van der Waals surface area contributed by atoms with E-state index in [0.717, 1.165) is 5.56 Å². The molecule has 3 nitrogen and oxygen atoms in total. The number of hydrogen-bond donors (Lipinski definition) is 1. The number of aromatic carboxylic acids is 1. The summed E-state index contributed by atoms with van der Waals surface area (Å²) in [5, 5.41) is 8.73. The van der Waals surface area contributed by atoms with E-state index in [9.17, 15) is 9.59 Å². The SMILES string of the molecule is CC(C)(C)C(=O)/C=C/c1ccc(C(=O)O)cc1. The molecule has 17 heavy (non-hydrogen) atoms. The summed E-state index contributed by atoms with van der Waals surface area (Å²) in [6, 6.07) is 6.39. The van der Waals surface area contributed by atoms with Crippen LogP contribution < -0.4 is 0 Å². The lowest BCUT2D eigenvalue weighted by Gasteiger charge is -2.12. The van der Waals surface area contributed by atoms with Gasteiger partial charge in [-0.2, -0.15) is 0 Å². The maximum absolute atomic E-state index is 11.6. The Morgan fingerprint density at radius 3 is 2.06 bits per heavy atom. The van der Waals surface area contributed by atoms with Gasteiger partial charge in [0, 0.05) is 5.41 Å². The van der Waals surface area contributed by atoms with Gasteiger partial charge in [0.25, 0.3) is 0 Å². The minimum Gasteiger partial charge on any atom is -0.478 e. The molecule has 0 saturated carbocycles. The van der Waals surface area contributed by atoms with Gasteiger partial charge in [0.15, 0.2) is 5.78 Å². The van der Waals surface area contributed by atoms with E-state index in [4.69, 9.17) is 5.11 Å². The molecule has 0 aromatic heterocycles. The topological polar surface area (TPSA) is 54.4 Å². The molecule has 0 amide bonds. The molecule has 0 atom stereocenters. The zero-order chi connectivity index (χ0) is 13.1. The highest BCUT2D eigenvalue weighted by atomic mass is 16.4. The van der Waals surface area contributed by atoms with Crippen molar-refractivity contribution in [1.82, 2.24) is 0 Å². The highest BCUT2D eigenvalue weighted by Crippen LogP contribution is 2.16. The Morgan fingerprint density at radius 1 is 1.12 bits per heavy atom. The third kappa shape index (κ3) is 3.87. The summed E-state index contributed by atoms with van der Waals surface area (Å²) in [6.45, 7) is 5.56. The highest BCUT2D eigenvalue weighted by molar-refractivity contribution is 5.97. The molecule has 0 saturated heterocycles. The Hall–Kier alpha value is -1.90. The molecule has 90 valence electrons. The molecular weight excluding hydrogens is 216 g/mol. The van der Waals surface area contributed by atoms with Crippen LogP contribution in [0.15, 0.2) is 30.3 Å². The van der Waals surface area contributed by atoms with Crippen molar-refractivity contribution in [1.29, 1.82) is 0 Å². The Balaban J connectivity index is 2.80. The highest BCUT2D eigenvalue weighted by Gasteiger charge is 2.17. The van der Waals surface area contributed by atoms with Gasteiger partial charge in [0.1, 0.15) is 0 Å². The van der Waals surface area contributed by atoms with Crippen molar-refractivity contribution in [3.05, 3.63) is 41.5 Å². The second kappa shape index (κ2) is 4.95. The van der Waals surface area contributed by atoms with Crippen LogP contribution in [0, 0.1) is 5.41 Å². The fourth-order valence-electron chi connectivity index (χ4n) is 1.16. The Kier molecular flexibility index (Phi) is 3.84. The molecule has 0 bridgehead atoms. The van der Waals surface area contributed by atoms with Crippen molar-refractivity contribution < 1.29 is 14.7 Å². The number of rotatable bonds is 3. The van der Waals surface area contributed by atoms with Crippen LogP contribution >= 0.6 is 0 Å². The van der Waals surface area contributed by atoms with Gasteiger partial charge in [-0.25, -0.2) is 4.79 Å². The number of carbonyl (C=O) groups excluding carboxylic acids is 1. The lowest BCUT2D eigenvalue weighted by molar-refractivity contribution is -0.121. The molecule has 0 radical (unpaired) electrons. The second-order valence-corrected chi connectivity index (χ2v) is 4.87. The van der Waals surface area contributed by atoms with Crippen molar-refractivity contribution in [2.45, 2.75) is 20.8 Å². The molecule has 1 N–H and O–H groups in total. The first kappa shape index (κ1) is 13.2. The fourth-order valence-corrected chi connectivity index (χ4v) is 1.16. The minimum atomic E-state index is -0.953. The maximum atomic E-state index is 11.6. The second-order valence-electron chi connectivity index (χ2n) is 4.87. The van der Waals surface area contributed by atoms with Gasteiger partial charge >= 0.3 is 5.97 Å². The van der Waals surface area contributed by atoms with Crippen molar-refractivity contribution in [2.24, 2.45) is 5.41 Å². The van der Waals surface area contributed by atoms with E-state index >= 15 is 0 Å². The predicted molar refractivity (Wildman–Crippen MR) is 66.9 cm³/mol. The van der Waals surface area contributed by atoms with E-state index in [0.29, 0.717) is 0 Å². The van der Waals surface area contributed by atoms with Crippen molar-refractivity contribution in [3.63, 3.8) is 0 Å². The van der Waals surface area contributed by atoms with Crippen LogP contribution in [0.2, 0.25) is 0 Å². The van der Waals surface area contributed by atoms with E-state index in [1.165, 1.54) is 18.2 Å². The molecule has 0 aliphatic carbocycles. The summed E-state index contributed by atoms with van der Waals surface area (Å²) >= 11 is 0. The summed E-state index contributed by atoms with van der Waals surface area (Å²) in [7, 11) is 0. The molecule has 0 fully saturated rings. The summed E-state index contributed by atoms with van der Waals surface area (Å²) < 4.78 is 0. The summed E-state index contributed by atoms with van der Waals surface area (Å²) in [6.07, 6.45) is 3.22. The summed E-state index contributed by atoms with van der Waals surface area (Å²) in [5.41, 5.74) is 0.661. The first-order chi connectivity index (χ1) is 7.80. The van der Waals surface area contributed by atoms with Crippen LogP contribution in [0.3, 0.4) is 0 Å². The van der Waals surface area contributed by atoms with E-state index in [-0.39, 0.29) is 11.3 Å². The van der Waals surface area contributed by atoms with Crippen molar-refractivity contribution >= 4 is 17.8 Å². The van der Waals surface area contributed by atoms with Gasteiger partial charge < -0.3 is 5.11 Å². The lowest BCUT2D eigenvalue weighted by atomic mass is 9.90. The van der Waals surface area contributed by atoms with Gasteiger partial charge in [0.2, 0.25) is 0 Å². The largest absolute Gasteiger partial charge is 0.478 e. The van der Waals surface area contributed by atoms with E-state index in [1.54, 1.807) is 18.2 Å². The number of carboxylic acid groups (broad SMARTS) is 1. The Bertz CT molecular complexity index is 447. The fraction of sp³-hybridized carbons (Fsp3) is 0.286. The zero-order valence-corrected chi connectivity index (χ0v) is 10.2. The molecule has 0 aliphatic heterocycles. The number of benzene rings is 1. The standard InChI is InChI=1S/C14H16O3/c1-14(2,3)12(15)9-6-10-4-7-11(8-5-10)13(16)17/h4-9H,1-3H3,(H,16,17)/b9-6+. The molecular formula is C14H16O3. The molecule has 1 aromatic rings. The third-order valence-corrected chi connectivity index (χ3v) is 2.32. The van der Waals surface area contributed by atoms with Crippen molar-refractivity contribution in [3.8, 4) is 0 Å². The normalized spacial score (nSPS) is 11.7. The van der Waals surface area contributed by atoms with Crippen molar-refractivity contribution in [2.75, 3.05) is 0 Å². The van der Waals surface area contributed by atoms with Crippen LogP contribution in [-0.4, -0.2) is 16.9 Å². The Morgan fingerprint density at radius 2 is 1.65 bits per heavy atom. The minimum absolute atomic E-state index is 0.0415. The lowest BCUT2D eigenvalue weighted by Crippen LogP contribution is -2.17. The molecule has 0 heterocycles. The van der Waals surface area contributed by atoms with Gasteiger partial charge in [-0.05, 0) is 23.8 Å². The van der Waals surface area contributed by atoms with Crippen LogP contribution in [0.4, 0.5) is 0 Å². The Labute approximate surface area is 101 Å². The summed E-state index contributed by atoms with van der Waals surface area (Å²) in [4.78, 5) is 22.3. The molecule has 0 unspecified atom stereocenters. The van der Waals surface area contributed by atoms with Gasteiger partial charge in [-0.1, -0.05) is 39.0 Å². The molecule has 3 heteroatoms. The van der Waals surface area contributed by atoms with E-state index in [2.05, 4.69) is 0 Å². The number of carboxylic acids is 1. The van der Waals surface area contributed by atoms with Crippen LogP contribution in [-0.2, 0) is 4.79 Å². The quantitative estimate of drug-likeness (QED) is 0.815. The first-order valence-corrected chi connectivity index (χ1v) is 5.36. The predicted octanol–water partition coefficient (Wildman–Crippen LogP) is 3.01. The number of ketones is 1. The van der Waals surface area contributed by atoms with Gasteiger partial charge in [-0.15, -0.1) is 0 Å². The summed E-state index contributed by atoms with van der Waals surface area (Å²) in [5.74, 6) is -0.911. The van der Waals surface area contributed by atoms with E-state index < -0.39 is 11.4 Å². The number of allylic oxidation sites excluding steroid dienone is 1. The third-order valence-electron chi connectivity index (χ3n) is 2.32. The van der Waals surface area contributed by atoms with Gasteiger partial charge in [-0.3, -0.25) is 4.79 Å². The average molecular weight is 232 g/mol. The number of carbonyl (C=O) groups is 2. The molecule has 0 aliphatic rings. The number of hydrogen-bond acceptors (Lipinski definition) is 2. The zero-order valence-electron chi connectivity index (χ0n) is 10.2. The van der Waals surface area contributed by atoms with E-state index in [1.807, 2.05) is 20.8 Å². The maximum Gasteiger partial charge on any atom is 0.335 e. The van der Waals surface area contributed by atoms with Crippen LogP contribution in [0.5, 0.6) is 0 Å². The molecule has 1 rings (SSSR count). The first-order valence-electron chi connectivity index (χ1n) is 5.36. The van der Waals surface area contributed by atoms with Crippen LogP contribution in [0.1, 0.15) is 36.7 Å². The monoisotopic (exact) mass is 232 g/mol. The average Bonchev–Trinajstić information content (AvgIpc) is 2.25.